The summed E-state index contributed by atoms with van der Waals surface area (Å²) < 4.78 is 0. The third-order valence-electron chi connectivity index (χ3n) is 14.4. The molecule has 8 aromatic rings. The number of para-hydroxylation sites is 4. The summed E-state index contributed by atoms with van der Waals surface area (Å²) in [5.74, 6) is 0. The van der Waals surface area contributed by atoms with E-state index in [1.54, 1.807) is 12.2 Å². The van der Waals surface area contributed by atoms with Crippen molar-refractivity contribution < 1.29 is 0 Å². The van der Waals surface area contributed by atoms with Crippen LogP contribution in [-0.2, 0) is 19.5 Å². The van der Waals surface area contributed by atoms with Crippen LogP contribution in [0.15, 0.2) is 273 Å². The van der Waals surface area contributed by atoms with E-state index in [2.05, 4.69) is 234 Å². The number of allylic oxidation sites excluding steroid dienone is 11. The van der Waals surface area contributed by atoms with Crippen molar-refractivity contribution in [1.29, 1.82) is 0 Å². The van der Waals surface area contributed by atoms with E-state index in [-0.39, 0.29) is 0 Å². The molecular weight excluding hydrogens is 1050 g/mol. The second-order valence-corrected chi connectivity index (χ2v) is 20.6. The molecule has 0 saturated carbocycles. The van der Waals surface area contributed by atoms with E-state index in [9.17, 15) is 0 Å². The lowest BCUT2D eigenvalue weighted by Crippen LogP contribution is -2.21. The Morgan fingerprint density at radius 1 is 0.506 bits per heavy atom. The fourth-order valence-electron chi connectivity index (χ4n) is 9.44. The van der Waals surface area contributed by atoms with Crippen molar-refractivity contribution in [2.24, 2.45) is 15.0 Å². The Bertz CT molecular complexity index is 3770. The van der Waals surface area contributed by atoms with Gasteiger partial charge >= 0.3 is 0 Å². The topological polar surface area (TPSA) is 52.4 Å². The minimum absolute atomic E-state index is 0.631. The Labute approximate surface area is 523 Å². The van der Waals surface area contributed by atoms with Crippen molar-refractivity contribution in [1.82, 2.24) is 0 Å². The molecule has 0 radical (unpaired) electrons. The van der Waals surface area contributed by atoms with Crippen LogP contribution in [0.5, 0.6) is 0 Å². The van der Waals surface area contributed by atoms with Gasteiger partial charge in [0.2, 0.25) is 0 Å². The number of aryl methyl sites for hydroxylation is 5. The predicted octanol–water partition coefficient (Wildman–Crippen LogP) is 23.5. The maximum absolute atomic E-state index is 4.67. The van der Waals surface area contributed by atoms with Crippen molar-refractivity contribution in [2.75, 3.05) is 10.2 Å². The number of nitrogens with zero attached hydrogens (tertiary/aromatic N) is 4. The molecule has 5 nitrogen and oxygen atoms in total. The van der Waals surface area contributed by atoms with Gasteiger partial charge in [0.25, 0.3) is 0 Å². The highest BCUT2D eigenvalue weighted by atomic mass is 15.2. The first-order valence-corrected chi connectivity index (χ1v) is 29.6. The fourth-order valence-corrected chi connectivity index (χ4v) is 9.44. The van der Waals surface area contributed by atoms with Crippen LogP contribution in [0, 0.1) is 27.7 Å². The molecule has 0 aliphatic heterocycles. The van der Waals surface area contributed by atoms with Crippen LogP contribution < -0.4 is 10.2 Å². The molecule has 87 heavy (non-hydrogen) atoms. The van der Waals surface area contributed by atoms with Gasteiger partial charge in [-0.15, -0.1) is 0 Å². The Kier molecular flexibility index (Phi) is 29.3. The Hall–Kier alpha value is -9.97. The average molecular weight is 1150 g/mol. The first-order valence-electron chi connectivity index (χ1n) is 29.6. The quantitative estimate of drug-likeness (QED) is 0.0576. The highest BCUT2D eigenvalue weighted by Gasteiger charge is 2.19. The number of hydrogen-bond acceptors (Lipinski definition) is 5. The predicted molar refractivity (Wildman–Crippen MR) is 391 cm³/mol. The lowest BCUT2D eigenvalue weighted by Gasteiger charge is -2.30. The number of anilines is 2. The Balaban J connectivity index is 0.000000300. The second kappa shape index (κ2) is 36.7. The SMILES string of the molecule is C=C/C=C(\C=C)c1ccc(C)c(CC)c1.C=C/C=C(\C=C/C)c1ccc(N=C)c(C(=C)C)c1.C=Nc1ccccc1C.C=Nc1ccccc1N(Cc1cc(-c2ccccc2)ccc1C)C(=C)c1cc(CNc2ccccc2C)cc(C(=C)C)c1.CC. The van der Waals surface area contributed by atoms with Crippen LogP contribution in [0.3, 0.4) is 0 Å². The van der Waals surface area contributed by atoms with Gasteiger partial charge in [-0.2, -0.15) is 0 Å². The first kappa shape index (κ1) is 69.5. The molecule has 1 N–H and O–H groups in total. The monoisotopic (exact) mass is 1150 g/mol. The summed E-state index contributed by atoms with van der Waals surface area (Å²) in [6.07, 6.45) is 14.5. The van der Waals surface area contributed by atoms with Gasteiger partial charge < -0.3 is 10.2 Å². The first-order chi connectivity index (χ1) is 42.0. The zero-order chi connectivity index (χ0) is 63.8. The third kappa shape index (κ3) is 20.7. The molecule has 0 amide bonds. The molecular formula is C82H91N5. The van der Waals surface area contributed by atoms with Gasteiger partial charge in [-0.25, -0.2) is 0 Å². The van der Waals surface area contributed by atoms with Gasteiger partial charge in [0.15, 0.2) is 0 Å². The van der Waals surface area contributed by atoms with Gasteiger partial charge in [-0.1, -0.05) is 224 Å². The molecule has 0 unspecified atom stereocenters. The normalized spacial score (nSPS) is 10.6. The van der Waals surface area contributed by atoms with E-state index in [1.807, 2.05) is 127 Å². The second-order valence-electron chi connectivity index (χ2n) is 20.6. The molecule has 0 aliphatic rings. The van der Waals surface area contributed by atoms with Gasteiger partial charge in [0, 0.05) is 30.0 Å². The van der Waals surface area contributed by atoms with Crippen LogP contribution in [0.4, 0.5) is 28.4 Å². The average Bonchev–Trinajstić information content (AvgIpc) is 2.97. The highest BCUT2D eigenvalue weighted by Crippen LogP contribution is 2.37. The smallest absolute Gasteiger partial charge is 0.0859 e. The summed E-state index contributed by atoms with van der Waals surface area (Å²) in [4.78, 5) is 14.5. The lowest BCUT2D eigenvalue weighted by molar-refractivity contribution is 0.971. The maximum Gasteiger partial charge on any atom is 0.0859 e. The van der Waals surface area contributed by atoms with E-state index < -0.39 is 0 Å². The zero-order valence-corrected chi connectivity index (χ0v) is 53.6. The number of nitrogens with one attached hydrogen (secondary N) is 1. The van der Waals surface area contributed by atoms with Gasteiger partial charge in [-0.05, 0) is 225 Å². The van der Waals surface area contributed by atoms with Crippen LogP contribution in [0.25, 0.3) is 39.1 Å². The summed E-state index contributed by atoms with van der Waals surface area (Å²) >= 11 is 0. The largest absolute Gasteiger partial charge is 0.381 e. The van der Waals surface area contributed by atoms with Crippen LogP contribution in [0.2, 0.25) is 0 Å². The van der Waals surface area contributed by atoms with Crippen molar-refractivity contribution >= 4 is 76.6 Å². The summed E-state index contributed by atoms with van der Waals surface area (Å²) in [7, 11) is 0. The van der Waals surface area contributed by atoms with E-state index >= 15 is 0 Å². The minimum Gasteiger partial charge on any atom is -0.381 e. The molecule has 0 heterocycles. The molecule has 8 aromatic carbocycles. The van der Waals surface area contributed by atoms with Crippen molar-refractivity contribution in [2.45, 2.75) is 88.7 Å². The molecule has 444 valence electrons. The summed E-state index contributed by atoms with van der Waals surface area (Å²) in [5.41, 5.74) is 26.5. The highest BCUT2D eigenvalue weighted by molar-refractivity contribution is 5.86. The molecule has 0 saturated heterocycles. The number of aliphatic imine (C=N–C) groups is 3. The van der Waals surface area contributed by atoms with E-state index in [0.29, 0.717) is 13.1 Å². The Morgan fingerprint density at radius 3 is 1.66 bits per heavy atom. The van der Waals surface area contributed by atoms with E-state index in [1.165, 1.54) is 50.1 Å². The number of benzene rings is 8. The van der Waals surface area contributed by atoms with Gasteiger partial charge in [0.05, 0.1) is 22.7 Å². The molecule has 0 spiro atoms. The molecule has 0 fully saturated rings. The molecule has 0 atom stereocenters. The summed E-state index contributed by atoms with van der Waals surface area (Å²) in [6, 6.07) is 60.8. The van der Waals surface area contributed by atoms with Gasteiger partial charge in [0.1, 0.15) is 0 Å². The summed E-state index contributed by atoms with van der Waals surface area (Å²) in [6.45, 7) is 57.1. The van der Waals surface area contributed by atoms with Crippen LogP contribution in [0.1, 0.15) is 108 Å². The summed E-state index contributed by atoms with van der Waals surface area (Å²) in [5, 5.41) is 3.61. The molecule has 5 heteroatoms. The third-order valence-corrected chi connectivity index (χ3v) is 14.4. The number of hydrogen-bond donors (Lipinski definition) is 1. The molecule has 8 rings (SSSR count). The van der Waals surface area contributed by atoms with Crippen molar-refractivity contribution in [3.63, 3.8) is 0 Å². The van der Waals surface area contributed by atoms with Gasteiger partial charge in [-0.3, -0.25) is 15.0 Å². The van der Waals surface area contributed by atoms with Crippen molar-refractivity contribution in [3.05, 3.63) is 325 Å². The van der Waals surface area contributed by atoms with E-state index in [4.69, 9.17) is 0 Å². The van der Waals surface area contributed by atoms with Crippen LogP contribution >= 0.6 is 0 Å². The molecule has 0 aliphatic carbocycles. The standard InChI is InChI=1S/C40H39N3.C17H19N.C15H18.C8H9N.C2H6/c1-28(2)35-22-32(26-42-38-17-11-10-14-30(38)4)23-36(25-35)31(5)43(40-19-13-12-18-39(40)41-6)27-37-24-34(21-20-29(37)3)33-15-8-7-9-16-33;1-6-8-14(9-7-2)15-10-11-17(18-5)16(12-15)13(3)4;1-5-8-13(6-2)15-10-9-12(4)14(7-3)11-15;1-7-5-3-4-6-8(7)9-2;1-2/h7-25,42H,1,5-6,26-27H2,2-4H3;6-12H,1,3,5H2,2,4H3;5-6,8-11H,1-2,7H2,3-4H3;3-6H,2H2,1H3;1-2H3/b;9-7-,14-8+;13-8+;;. The van der Waals surface area contributed by atoms with Crippen LogP contribution in [-0.4, -0.2) is 20.2 Å². The Morgan fingerprint density at radius 2 is 1.07 bits per heavy atom. The minimum atomic E-state index is 0.631. The maximum atomic E-state index is 4.67. The van der Waals surface area contributed by atoms with E-state index in [0.717, 1.165) is 90.7 Å². The number of rotatable bonds is 21. The fraction of sp³-hybridized carbons (Fsp3) is 0.159. The molecule has 0 aromatic heterocycles. The zero-order valence-electron chi connectivity index (χ0n) is 53.6. The molecule has 0 bridgehead atoms. The lowest BCUT2D eigenvalue weighted by atomic mass is 9.97. The van der Waals surface area contributed by atoms with Crippen molar-refractivity contribution in [3.8, 4) is 11.1 Å².